The molecule has 1 amide bonds. The predicted octanol–water partition coefficient (Wildman–Crippen LogP) is 1.05. The minimum atomic E-state index is -0.500. The van der Waals surface area contributed by atoms with Crippen LogP contribution < -0.4 is 11.1 Å². The van der Waals surface area contributed by atoms with Crippen LogP contribution in [0.2, 0.25) is 0 Å². The number of aromatic nitrogens is 1. The van der Waals surface area contributed by atoms with Crippen LogP contribution in [0.25, 0.3) is 0 Å². The average molecular weight is 227 g/mol. The average Bonchev–Trinajstić information content (AvgIpc) is 2.60. The highest BCUT2D eigenvalue weighted by atomic mass is 32.1. The minimum absolute atomic E-state index is 0.0175. The molecular formula is C10H17N3OS. The normalized spacial score (nSPS) is 11.5. The fourth-order valence-corrected chi connectivity index (χ4v) is 1.72. The number of nitrogens with one attached hydrogen (secondary N) is 1. The van der Waals surface area contributed by atoms with Crippen molar-refractivity contribution in [1.29, 1.82) is 0 Å². The van der Waals surface area contributed by atoms with Gasteiger partial charge < -0.3 is 11.1 Å². The number of carbonyl (C=O) groups is 1. The lowest BCUT2D eigenvalue weighted by molar-refractivity contribution is -0.129. The Bertz CT molecular complexity index is 346. The van der Waals surface area contributed by atoms with Gasteiger partial charge in [0, 0.05) is 17.6 Å². The molecule has 1 heterocycles. The Morgan fingerprint density at radius 1 is 1.67 bits per heavy atom. The second-order valence-electron chi connectivity index (χ2n) is 4.12. The van der Waals surface area contributed by atoms with Crippen molar-refractivity contribution in [3.05, 3.63) is 16.1 Å². The monoisotopic (exact) mass is 227 g/mol. The largest absolute Gasteiger partial charge is 0.351 e. The second kappa shape index (κ2) is 4.72. The molecule has 3 N–H and O–H groups in total. The van der Waals surface area contributed by atoms with Crippen molar-refractivity contribution in [2.45, 2.75) is 27.3 Å². The van der Waals surface area contributed by atoms with E-state index in [1.54, 1.807) is 17.5 Å². The lowest BCUT2D eigenvalue weighted by Crippen LogP contribution is -2.41. The molecule has 0 unspecified atom stereocenters. The maximum absolute atomic E-state index is 11.7. The van der Waals surface area contributed by atoms with E-state index in [1.165, 1.54) is 0 Å². The van der Waals surface area contributed by atoms with Gasteiger partial charge in [0.05, 0.1) is 17.0 Å². The van der Waals surface area contributed by atoms with E-state index in [-0.39, 0.29) is 5.91 Å². The number of carbonyl (C=O) groups excluding carboxylic acids is 1. The smallest absolute Gasteiger partial charge is 0.227 e. The van der Waals surface area contributed by atoms with E-state index in [0.717, 1.165) is 9.88 Å². The molecule has 1 aromatic rings. The Balaban J connectivity index is 2.47. The Kier molecular flexibility index (Phi) is 3.82. The van der Waals surface area contributed by atoms with Gasteiger partial charge in [-0.25, -0.2) is 4.98 Å². The predicted molar refractivity (Wildman–Crippen MR) is 61.5 cm³/mol. The van der Waals surface area contributed by atoms with Crippen LogP contribution in [0.1, 0.15) is 23.7 Å². The highest BCUT2D eigenvalue weighted by Crippen LogP contribution is 2.14. The van der Waals surface area contributed by atoms with Crippen LogP contribution in [0, 0.1) is 12.3 Å². The van der Waals surface area contributed by atoms with Crippen LogP contribution in [0.4, 0.5) is 0 Å². The van der Waals surface area contributed by atoms with Gasteiger partial charge in [-0.2, -0.15) is 0 Å². The van der Waals surface area contributed by atoms with E-state index in [2.05, 4.69) is 10.3 Å². The molecule has 1 rings (SSSR count). The van der Waals surface area contributed by atoms with Crippen molar-refractivity contribution in [3.8, 4) is 0 Å². The summed E-state index contributed by atoms with van der Waals surface area (Å²) in [6.45, 7) is 6.49. The SMILES string of the molecule is Cc1ncc(CNC(=O)C(C)(C)CN)s1. The van der Waals surface area contributed by atoms with Crippen molar-refractivity contribution < 1.29 is 4.79 Å². The Hall–Kier alpha value is -0.940. The van der Waals surface area contributed by atoms with E-state index in [0.29, 0.717) is 13.1 Å². The van der Waals surface area contributed by atoms with Gasteiger partial charge in [-0.3, -0.25) is 4.79 Å². The van der Waals surface area contributed by atoms with Crippen molar-refractivity contribution in [3.63, 3.8) is 0 Å². The van der Waals surface area contributed by atoms with E-state index >= 15 is 0 Å². The molecule has 5 heteroatoms. The lowest BCUT2D eigenvalue weighted by Gasteiger charge is -2.20. The van der Waals surface area contributed by atoms with E-state index in [1.807, 2.05) is 20.8 Å². The first-order valence-electron chi connectivity index (χ1n) is 4.85. The molecule has 0 aliphatic carbocycles. The summed E-state index contributed by atoms with van der Waals surface area (Å²) in [7, 11) is 0. The Morgan fingerprint density at radius 3 is 2.80 bits per heavy atom. The number of nitrogens with zero attached hydrogens (tertiary/aromatic N) is 1. The van der Waals surface area contributed by atoms with Crippen LogP contribution in [0.3, 0.4) is 0 Å². The molecule has 0 bridgehead atoms. The Labute approximate surface area is 93.9 Å². The van der Waals surface area contributed by atoms with Gasteiger partial charge in [-0.1, -0.05) is 0 Å². The van der Waals surface area contributed by atoms with E-state index in [4.69, 9.17) is 5.73 Å². The summed E-state index contributed by atoms with van der Waals surface area (Å²) in [5.41, 5.74) is 5.01. The molecule has 15 heavy (non-hydrogen) atoms. The first-order chi connectivity index (χ1) is 6.95. The molecule has 0 atom stereocenters. The molecule has 0 fully saturated rings. The molecular weight excluding hydrogens is 210 g/mol. The zero-order chi connectivity index (χ0) is 11.5. The van der Waals surface area contributed by atoms with Gasteiger partial charge in [0.1, 0.15) is 0 Å². The van der Waals surface area contributed by atoms with Crippen LogP contribution in [0.15, 0.2) is 6.20 Å². The number of hydrogen-bond acceptors (Lipinski definition) is 4. The number of aryl methyl sites for hydroxylation is 1. The minimum Gasteiger partial charge on any atom is -0.351 e. The van der Waals surface area contributed by atoms with Crippen molar-refractivity contribution in [2.75, 3.05) is 6.54 Å². The summed E-state index contributed by atoms with van der Waals surface area (Å²) in [6.07, 6.45) is 1.79. The van der Waals surface area contributed by atoms with Crippen molar-refractivity contribution in [1.82, 2.24) is 10.3 Å². The number of hydrogen-bond donors (Lipinski definition) is 2. The second-order valence-corrected chi connectivity index (χ2v) is 5.44. The Morgan fingerprint density at radius 2 is 2.33 bits per heavy atom. The highest BCUT2D eigenvalue weighted by molar-refractivity contribution is 7.11. The van der Waals surface area contributed by atoms with Gasteiger partial charge in [0.25, 0.3) is 0 Å². The topological polar surface area (TPSA) is 68.0 Å². The van der Waals surface area contributed by atoms with Crippen LogP contribution in [-0.2, 0) is 11.3 Å². The zero-order valence-electron chi connectivity index (χ0n) is 9.33. The number of amides is 1. The first kappa shape index (κ1) is 12.1. The molecule has 0 saturated heterocycles. The molecule has 4 nitrogen and oxygen atoms in total. The molecule has 0 spiro atoms. The quantitative estimate of drug-likeness (QED) is 0.808. The summed E-state index contributed by atoms with van der Waals surface area (Å²) in [5.74, 6) is -0.0175. The maximum Gasteiger partial charge on any atom is 0.227 e. The van der Waals surface area contributed by atoms with E-state index < -0.39 is 5.41 Å². The summed E-state index contributed by atoms with van der Waals surface area (Å²) < 4.78 is 0. The molecule has 1 aromatic heterocycles. The van der Waals surface area contributed by atoms with Gasteiger partial charge in [-0.05, 0) is 20.8 Å². The lowest BCUT2D eigenvalue weighted by atomic mass is 9.93. The van der Waals surface area contributed by atoms with Crippen LogP contribution in [-0.4, -0.2) is 17.4 Å². The van der Waals surface area contributed by atoms with Gasteiger partial charge >= 0.3 is 0 Å². The molecule has 84 valence electrons. The third-order valence-corrected chi connectivity index (χ3v) is 3.13. The summed E-state index contributed by atoms with van der Waals surface area (Å²) >= 11 is 1.59. The summed E-state index contributed by atoms with van der Waals surface area (Å²) in [4.78, 5) is 16.9. The third-order valence-electron chi connectivity index (χ3n) is 2.22. The zero-order valence-corrected chi connectivity index (χ0v) is 10.1. The highest BCUT2D eigenvalue weighted by Gasteiger charge is 2.25. The standard InChI is InChI=1S/C10H17N3OS/c1-7-12-4-8(15-7)5-13-9(14)10(2,3)6-11/h4H,5-6,11H2,1-3H3,(H,13,14). The van der Waals surface area contributed by atoms with Gasteiger partial charge in [0.2, 0.25) is 5.91 Å². The molecule has 0 saturated carbocycles. The van der Waals surface area contributed by atoms with Crippen molar-refractivity contribution >= 4 is 17.2 Å². The summed E-state index contributed by atoms with van der Waals surface area (Å²) in [5, 5.41) is 3.87. The fourth-order valence-electron chi connectivity index (χ4n) is 0.986. The molecule has 0 aliphatic heterocycles. The maximum atomic E-state index is 11.7. The number of nitrogens with two attached hydrogens (primary N) is 1. The third kappa shape index (κ3) is 3.28. The van der Waals surface area contributed by atoms with Crippen LogP contribution >= 0.6 is 11.3 Å². The van der Waals surface area contributed by atoms with Gasteiger partial charge in [0.15, 0.2) is 0 Å². The van der Waals surface area contributed by atoms with Crippen LogP contribution in [0.5, 0.6) is 0 Å². The summed E-state index contributed by atoms with van der Waals surface area (Å²) in [6, 6.07) is 0. The fraction of sp³-hybridized carbons (Fsp3) is 0.600. The van der Waals surface area contributed by atoms with Gasteiger partial charge in [-0.15, -0.1) is 11.3 Å². The van der Waals surface area contributed by atoms with Crippen molar-refractivity contribution in [2.24, 2.45) is 11.1 Å². The number of thiazole rings is 1. The molecule has 0 aromatic carbocycles. The first-order valence-corrected chi connectivity index (χ1v) is 5.67. The molecule has 0 aliphatic rings. The number of rotatable bonds is 4. The van der Waals surface area contributed by atoms with E-state index in [9.17, 15) is 4.79 Å². The molecule has 0 radical (unpaired) electrons.